The second kappa shape index (κ2) is 8.34. The molecule has 36 heavy (non-hydrogen) atoms. The van der Waals surface area contributed by atoms with Crippen LogP contribution in [0.4, 0.5) is 5.69 Å². The number of aliphatic imine (C=N–C) groups is 1. The fourth-order valence-electron chi connectivity index (χ4n) is 6.86. The fourth-order valence-corrected chi connectivity index (χ4v) is 6.86. The third-order valence-electron chi connectivity index (χ3n) is 8.77. The van der Waals surface area contributed by atoms with Gasteiger partial charge in [0.15, 0.2) is 17.2 Å². The molecule has 0 aromatic heterocycles. The van der Waals surface area contributed by atoms with Gasteiger partial charge < -0.3 is 5.73 Å². The van der Waals surface area contributed by atoms with Gasteiger partial charge in [-0.2, -0.15) is 0 Å². The van der Waals surface area contributed by atoms with Crippen molar-refractivity contribution >= 4 is 17.6 Å². The van der Waals surface area contributed by atoms with Crippen molar-refractivity contribution in [3.8, 4) is 11.1 Å². The third kappa shape index (κ3) is 3.28. The molecule has 1 fully saturated rings. The topological polar surface area (TPSA) is 63.0 Å². The van der Waals surface area contributed by atoms with Gasteiger partial charge >= 0.3 is 0 Å². The summed E-state index contributed by atoms with van der Waals surface area (Å²) in [6.45, 7) is 7.39. The van der Waals surface area contributed by atoms with E-state index in [1.54, 1.807) is 11.9 Å². The van der Waals surface area contributed by atoms with Crippen LogP contribution in [0, 0.1) is 17.9 Å². The van der Waals surface area contributed by atoms with Crippen LogP contribution in [0.1, 0.15) is 42.4 Å². The van der Waals surface area contributed by atoms with Crippen molar-refractivity contribution in [2.24, 2.45) is 22.1 Å². The number of carbonyl (C=O) groups is 1. The Labute approximate surface area is 212 Å². The summed E-state index contributed by atoms with van der Waals surface area (Å²) in [4.78, 5) is 24.1. The van der Waals surface area contributed by atoms with Crippen LogP contribution in [0.15, 0.2) is 77.8 Å². The van der Waals surface area contributed by atoms with Crippen molar-refractivity contribution in [1.29, 1.82) is 0 Å². The van der Waals surface area contributed by atoms with E-state index in [1.807, 2.05) is 24.3 Å². The highest BCUT2D eigenvalue weighted by Crippen LogP contribution is 2.62. The highest BCUT2D eigenvalue weighted by molar-refractivity contribution is 6.08. The fraction of sp³-hybridized carbons (Fsp3) is 0.323. The minimum Gasteiger partial charge on any atom is -0.369 e. The SMILES string of the molecule is [C-]#[N+]c1cccc(-c2ccc3c(c2)C2(N=C(N)N(C)C2=O)C2(CCC(Cc4ccccc4)CC2)C3)c1. The Morgan fingerprint density at radius 3 is 2.47 bits per heavy atom. The third-order valence-corrected chi connectivity index (χ3v) is 8.77. The van der Waals surface area contributed by atoms with E-state index >= 15 is 0 Å². The van der Waals surface area contributed by atoms with Crippen molar-refractivity contribution in [2.45, 2.75) is 44.1 Å². The number of hydrogen-bond donors (Lipinski definition) is 1. The molecule has 1 saturated carbocycles. The molecule has 0 radical (unpaired) electrons. The molecule has 1 unspecified atom stereocenters. The van der Waals surface area contributed by atoms with Crippen molar-refractivity contribution in [2.75, 3.05) is 7.05 Å². The Kier molecular flexibility index (Phi) is 5.22. The molecule has 3 aromatic carbocycles. The number of fused-ring (bicyclic) bond motifs is 3. The molecule has 1 heterocycles. The van der Waals surface area contributed by atoms with Gasteiger partial charge in [0.2, 0.25) is 0 Å². The predicted molar refractivity (Wildman–Crippen MR) is 142 cm³/mol. The van der Waals surface area contributed by atoms with Gasteiger partial charge in [-0.05, 0) is 84.4 Å². The van der Waals surface area contributed by atoms with Crippen molar-refractivity contribution < 1.29 is 4.79 Å². The molecule has 1 atom stereocenters. The number of nitrogens with two attached hydrogens (primary N) is 1. The summed E-state index contributed by atoms with van der Waals surface area (Å²) in [5.41, 5.74) is 11.2. The first-order valence-corrected chi connectivity index (χ1v) is 12.7. The summed E-state index contributed by atoms with van der Waals surface area (Å²) in [5, 5.41) is 0. The summed E-state index contributed by atoms with van der Waals surface area (Å²) in [5.74, 6) is 0.910. The number of hydrogen-bond acceptors (Lipinski definition) is 3. The zero-order valence-corrected chi connectivity index (χ0v) is 20.6. The van der Waals surface area contributed by atoms with Gasteiger partial charge in [0, 0.05) is 12.5 Å². The lowest BCUT2D eigenvalue weighted by molar-refractivity contribution is -0.136. The van der Waals surface area contributed by atoms with Crippen molar-refractivity contribution in [3.05, 3.63) is 101 Å². The number of likely N-dealkylation sites (N-methyl/N-ethyl adjacent to an activating group) is 1. The van der Waals surface area contributed by atoms with Gasteiger partial charge in [-0.15, -0.1) is 0 Å². The predicted octanol–water partition coefficient (Wildman–Crippen LogP) is 5.86. The van der Waals surface area contributed by atoms with Crippen LogP contribution >= 0.6 is 0 Å². The van der Waals surface area contributed by atoms with Crippen molar-refractivity contribution in [3.63, 3.8) is 0 Å². The van der Waals surface area contributed by atoms with E-state index < -0.39 is 5.54 Å². The molecule has 1 aliphatic heterocycles. The van der Waals surface area contributed by atoms with Crippen LogP contribution in [0.5, 0.6) is 0 Å². The van der Waals surface area contributed by atoms with E-state index in [4.69, 9.17) is 17.3 Å². The number of nitrogens with zero attached hydrogens (tertiary/aromatic N) is 3. The summed E-state index contributed by atoms with van der Waals surface area (Å²) < 4.78 is 0. The summed E-state index contributed by atoms with van der Waals surface area (Å²) in [6.07, 6.45) is 6.00. The second-order valence-corrected chi connectivity index (χ2v) is 10.7. The highest BCUT2D eigenvalue weighted by Gasteiger charge is 2.66. The molecule has 2 spiro atoms. The number of amides is 1. The summed E-state index contributed by atoms with van der Waals surface area (Å²) in [6, 6.07) is 24.8. The van der Waals surface area contributed by atoms with Gasteiger partial charge in [-0.1, -0.05) is 60.7 Å². The van der Waals surface area contributed by atoms with Gasteiger partial charge in [0.1, 0.15) is 0 Å². The van der Waals surface area contributed by atoms with Crippen LogP contribution in [0.25, 0.3) is 16.0 Å². The van der Waals surface area contributed by atoms with E-state index in [-0.39, 0.29) is 11.3 Å². The van der Waals surface area contributed by atoms with Gasteiger partial charge in [-0.3, -0.25) is 9.69 Å². The molecule has 0 bridgehead atoms. The van der Waals surface area contributed by atoms with E-state index in [9.17, 15) is 4.79 Å². The minimum atomic E-state index is -0.966. The maximum atomic E-state index is 14.0. The van der Waals surface area contributed by atoms with E-state index in [2.05, 4.69) is 53.4 Å². The second-order valence-electron chi connectivity index (χ2n) is 10.7. The van der Waals surface area contributed by atoms with Gasteiger partial charge in [-0.25, -0.2) is 9.84 Å². The molecule has 6 rings (SSSR count). The molecule has 3 aromatic rings. The molecule has 2 N–H and O–H groups in total. The molecule has 180 valence electrons. The molecule has 5 heteroatoms. The quantitative estimate of drug-likeness (QED) is 0.483. The molecule has 1 amide bonds. The zero-order chi connectivity index (χ0) is 24.9. The Balaban J connectivity index is 1.39. The number of rotatable bonds is 3. The summed E-state index contributed by atoms with van der Waals surface area (Å²) >= 11 is 0. The average molecular weight is 475 g/mol. The summed E-state index contributed by atoms with van der Waals surface area (Å²) in [7, 11) is 1.74. The van der Waals surface area contributed by atoms with Crippen molar-refractivity contribution in [1.82, 2.24) is 4.90 Å². The standard InChI is InChI=1S/C31H30N4O/c1-33-26-10-6-9-23(18-26)24-11-12-25-20-30(31(27(25)19-24)28(36)35(2)29(32)34-31)15-13-22(14-16-30)17-21-7-4-3-5-8-21/h3-12,18-19,22H,13-17,20H2,2H3,(H2,32,34). The number of carbonyl (C=O) groups excluding carboxylic acids is 1. The number of benzene rings is 3. The normalized spacial score (nSPS) is 26.8. The largest absolute Gasteiger partial charge is 0.369 e. The van der Waals surface area contributed by atoms with Gasteiger partial charge in [0.25, 0.3) is 5.91 Å². The Bertz CT molecular complexity index is 1410. The van der Waals surface area contributed by atoms with Crippen LogP contribution < -0.4 is 5.73 Å². The highest BCUT2D eigenvalue weighted by atomic mass is 16.2. The smallest absolute Gasteiger partial charge is 0.262 e. The molecular weight excluding hydrogens is 444 g/mol. The van der Waals surface area contributed by atoms with E-state index in [1.165, 1.54) is 11.1 Å². The van der Waals surface area contributed by atoms with Crippen LogP contribution in [-0.2, 0) is 23.2 Å². The van der Waals surface area contributed by atoms with Crippen LogP contribution in [-0.4, -0.2) is 23.8 Å². The molecule has 3 aliphatic rings. The molecule has 2 aliphatic carbocycles. The van der Waals surface area contributed by atoms with E-state index in [0.29, 0.717) is 17.6 Å². The number of guanidine groups is 1. The van der Waals surface area contributed by atoms with Crippen LogP contribution in [0.2, 0.25) is 0 Å². The monoisotopic (exact) mass is 474 g/mol. The van der Waals surface area contributed by atoms with Gasteiger partial charge in [0.05, 0.1) is 6.57 Å². The van der Waals surface area contributed by atoms with E-state index in [0.717, 1.165) is 55.2 Å². The molecule has 0 saturated heterocycles. The zero-order valence-electron chi connectivity index (χ0n) is 20.6. The first kappa shape index (κ1) is 22.5. The maximum Gasteiger partial charge on any atom is 0.262 e. The lowest BCUT2D eigenvalue weighted by Crippen LogP contribution is -2.51. The molecular formula is C31H30N4O. The minimum absolute atomic E-state index is 0.00711. The Morgan fingerprint density at radius 2 is 1.78 bits per heavy atom. The average Bonchev–Trinajstić information content (AvgIpc) is 3.31. The van der Waals surface area contributed by atoms with Crippen LogP contribution in [0.3, 0.4) is 0 Å². The Hall–Kier alpha value is -3.91. The lowest BCUT2D eigenvalue weighted by atomic mass is 9.59. The Morgan fingerprint density at radius 1 is 1.03 bits per heavy atom. The lowest BCUT2D eigenvalue weighted by Gasteiger charge is -2.45. The maximum absolute atomic E-state index is 14.0. The first-order valence-electron chi connectivity index (χ1n) is 12.7. The molecule has 5 nitrogen and oxygen atoms in total. The first-order chi connectivity index (χ1) is 17.5.